The van der Waals surface area contributed by atoms with E-state index < -0.39 is 5.97 Å². The molecule has 130 valence electrons. The predicted octanol–water partition coefficient (Wildman–Crippen LogP) is 3.11. The molecule has 0 bridgehead atoms. The maximum atomic E-state index is 12.6. The molecule has 0 unspecified atom stereocenters. The second-order valence-electron chi connectivity index (χ2n) is 7.40. The molecule has 2 aromatic rings. The first-order valence-electron chi connectivity index (χ1n) is 8.08. The molecule has 24 heavy (non-hydrogen) atoms. The summed E-state index contributed by atoms with van der Waals surface area (Å²) in [5.74, 6) is -1.08. The standard InChI is InChI=1S/C18H25N3O3/c1-12-5-6-15-13(9-19-20-15)14(12)10-21(11-18(2,3)4)16(22)7-8-17(23)24/h5-6,9H,7-8,10-11H2,1-4H3,(H,19,20)(H,23,24). The highest BCUT2D eigenvalue weighted by Gasteiger charge is 2.23. The zero-order valence-corrected chi connectivity index (χ0v) is 14.7. The van der Waals surface area contributed by atoms with Crippen molar-refractivity contribution in [1.29, 1.82) is 0 Å². The van der Waals surface area contributed by atoms with Crippen molar-refractivity contribution in [2.45, 2.75) is 47.1 Å². The van der Waals surface area contributed by atoms with Gasteiger partial charge in [-0.2, -0.15) is 5.10 Å². The number of fused-ring (bicyclic) bond motifs is 1. The average molecular weight is 331 g/mol. The van der Waals surface area contributed by atoms with Gasteiger partial charge in [-0.15, -0.1) is 0 Å². The quantitative estimate of drug-likeness (QED) is 0.851. The number of carboxylic acids is 1. The van der Waals surface area contributed by atoms with E-state index in [9.17, 15) is 9.59 Å². The largest absolute Gasteiger partial charge is 0.481 e. The molecule has 2 N–H and O–H groups in total. The van der Waals surface area contributed by atoms with Crippen molar-refractivity contribution in [3.63, 3.8) is 0 Å². The Morgan fingerprint density at radius 2 is 1.96 bits per heavy atom. The number of aliphatic carboxylic acids is 1. The zero-order valence-electron chi connectivity index (χ0n) is 14.7. The minimum atomic E-state index is -0.952. The SMILES string of the molecule is Cc1ccc2[nH]ncc2c1CN(CC(C)(C)C)C(=O)CCC(=O)O. The third kappa shape index (κ3) is 4.57. The van der Waals surface area contributed by atoms with Crippen molar-refractivity contribution in [3.05, 3.63) is 29.5 Å². The summed E-state index contributed by atoms with van der Waals surface area (Å²) >= 11 is 0. The van der Waals surface area contributed by atoms with Crippen molar-refractivity contribution in [2.75, 3.05) is 6.54 Å². The lowest BCUT2D eigenvalue weighted by atomic mass is 9.95. The third-order valence-electron chi connectivity index (χ3n) is 3.89. The Hall–Kier alpha value is -2.37. The summed E-state index contributed by atoms with van der Waals surface area (Å²) in [4.78, 5) is 25.1. The van der Waals surface area contributed by atoms with E-state index in [4.69, 9.17) is 5.11 Å². The summed E-state index contributed by atoms with van der Waals surface area (Å²) < 4.78 is 0. The molecule has 0 radical (unpaired) electrons. The van der Waals surface area contributed by atoms with Crippen molar-refractivity contribution in [3.8, 4) is 0 Å². The normalized spacial score (nSPS) is 11.7. The number of hydrogen-bond donors (Lipinski definition) is 2. The van der Waals surface area contributed by atoms with Crippen LogP contribution in [0.15, 0.2) is 18.3 Å². The lowest BCUT2D eigenvalue weighted by Gasteiger charge is -2.31. The molecule has 6 heteroatoms. The van der Waals surface area contributed by atoms with E-state index in [2.05, 4.69) is 31.0 Å². The summed E-state index contributed by atoms with van der Waals surface area (Å²) in [7, 11) is 0. The van der Waals surface area contributed by atoms with Gasteiger partial charge in [-0.1, -0.05) is 26.8 Å². The maximum absolute atomic E-state index is 12.6. The Labute approximate surface area is 141 Å². The maximum Gasteiger partial charge on any atom is 0.303 e. The molecule has 0 fully saturated rings. The fourth-order valence-corrected chi connectivity index (χ4v) is 2.76. The molecule has 0 spiro atoms. The number of rotatable bonds is 6. The molecule has 1 amide bonds. The molecule has 1 aromatic heterocycles. The average Bonchev–Trinajstić information content (AvgIpc) is 2.94. The van der Waals surface area contributed by atoms with Crippen LogP contribution in [0, 0.1) is 12.3 Å². The van der Waals surface area contributed by atoms with Crippen molar-refractivity contribution < 1.29 is 14.7 Å². The Morgan fingerprint density at radius 3 is 2.58 bits per heavy atom. The fourth-order valence-electron chi connectivity index (χ4n) is 2.76. The second-order valence-corrected chi connectivity index (χ2v) is 7.40. The van der Waals surface area contributed by atoms with Gasteiger partial charge >= 0.3 is 5.97 Å². The molecule has 6 nitrogen and oxygen atoms in total. The Morgan fingerprint density at radius 1 is 1.25 bits per heavy atom. The Balaban J connectivity index is 2.29. The molecule has 0 aliphatic carbocycles. The van der Waals surface area contributed by atoms with Crippen LogP contribution in [0.25, 0.3) is 10.9 Å². The number of H-pyrrole nitrogens is 1. The van der Waals surface area contributed by atoms with Crippen LogP contribution in [0.1, 0.15) is 44.7 Å². The van der Waals surface area contributed by atoms with Crippen LogP contribution in [0.5, 0.6) is 0 Å². The predicted molar refractivity (Wildman–Crippen MR) is 92.6 cm³/mol. The highest BCUT2D eigenvalue weighted by molar-refractivity contribution is 5.84. The van der Waals surface area contributed by atoms with Gasteiger partial charge in [0.25, 0.3) is 0 Å². The number of aromatic nitrogens is 2. The Kier molecular flexibility index (Phi) is 5.26. The van der Waals surface area contributed by atoms with Crippen molar-refractivity contribution >= 4 is 22.8 Å². The van der Waals surface area contributed by atoms with Gasteiger partial charge < -0.3 is 10.0 Å². The topological polar surface area (TPSA) is 86.3 Å². The van der Waals surface area contributed by atoms with Crippen LogP contribution in [0.2, 0.25) is 0 Å². The number of carbonyl (C=O) groups excluding carboxylic acids is 1. The molecule has 0 aliphatic heterocycles. The van der Waals surface area contributed by atoms with Crippen molar-refractivity contribution in [2.24, 2.45) is 5.41 Å². The number of nitrogens with zero attached hydrogens (tertiary/aromatic N) is 2. The van der Waals surface area contributed by atoms with Gasteiger partial charge in [0.2, 0.25) is 5.91 Å². The van der Waals surface area contributed by atoms with Gasteiger partial charge in [-0.3, -0.25) is 14.7 Å². The summed E-state index contributed by atoms with van der Waals surface area (Å²) in [6.07, 6.45) is 1.65. The summed E-state index contributed by atoms with van der Waals surface area (Å²) in [6, 6.07) is 3.98. The molecule has 2 rings (SSSR count). The first kappa shape index (κ1) is 18.0. The van der Waals surface area contributed by atoms with Crippen LogP contribution < -0.4 is 0 Å². The number of aromatic amines is 1. The monoisotopic (exact) mass is 331 g/mol. The lowest BCUT2D eigenvalue weighted by Crippen LogP contribution is -2.37. The number of amides is 1. The van der Waals surface area contributed by atoms with E-state index in [0.29, 0.717) is 13.1 Å². The minimum Gasteiger partial charge on any atom is -0.481 e. The molecule has 0 atom stereocenters. The lowest BCUT2D eigenvalue weighted by molar-refractivity contribution is -0.141. The molecular formula is C18H25N3O3. The van der Waals surface area contributed by atoms with Gasteiger partial charge in [0, 0.05) is 24.9 Å². The fraction of sp³-hybridized carbons (Fsp3) is 0.500. The summed E-state index contributed by atoms with van der Waals surface area (Å²) in [6.45, 7) is 9.23. The van der Waals surface area contributed by atoms with Gasteiger partial charge in [-0.25, -0.2) is 0 Å². The number of aryl methyl sites for hydroxylation is 1. The zero-order chi connectivity index (χ0) is 17.9. The van der Waals surface area contributed by atoms with E-state index in [0.717, 1.165) is 22.0 Å². The van der Waals surface area contributed by atoms with Crippen LogP contribution in [0.4, 0.5) is 0 Å². The van der Waals surface area contributed by atoms with Gasteiger partial charge in [-0.05, 0) is 29.5 Å². The van der Waals surface area contributed by atoms with Crippen LogP contribution in [-0.4, -0.2) is 38.6 Å². The smallest absolute Gasteiger partial charge is 0.303 e. The van der Waals surface area contributed by atoms with Crippen molar-refractivity contribution in [1.82, 2.24) is 15.1 Å². The van der Waals surface area contributed by atoms with E-state index in [1.54, 1.807) is 11.1 Å². The van der Waals surface area contributed by atoms with Crippen LogP contribution in [-0.2, 0) is 16.1 Å². The first-order valence-corrected chi connectivity index (χ1v) is 8.08. The summed E-state index contributed by atoms with van der Waals surface area (Å²) in [5.41, 5.74) is 3.00. The third-order valence-corrected chi connectivity index (χ3v) is 3.89. The summed E-state index contributed by atoms with van der Waals surface area (Å²) in [5, 5.41) is 16.9. The van der Waals surface area contributed by atoms with Crippen LogP contribution >= 0.6 is 0 Å². The molecule has 1 aromatic carbocycles. The second kappa shape index (κ2) is 7.03. The molecule has 0 saturated carbocycles. The van der Waals surface area contributed by atoms with E-state index in [1.807, 2.05) is 19.1 Å². The molecular weight excluding hydrogens is 306 g/mol. The van der Waals surface area contributed by atoms with E-state index in [1.165, 1.54) is 0 Å². The minimum absolute atomic E-state index is 0.0197. The molecule has 0 saturated heterocycles. The molecule has 1 heterocycles. The number of nitrogens with one attached hydrogen (secondary N) is 1. The van der Waals surface area contributed by atoms with Gasteiger partial charge in [0.1, 0.15) is 0 Å². The van der Waals surface area contributed by atoms with Gasteiger partial charge in [0.05, 0.1) is 18.1 Å². The van der Waals surface area contributed by atoms with Gasteiger partial charge in [0.15, 0.2) is 0 Å². The Bertz CT molecular complexity index is 744. The number of hydrogen-bond acceptors (Lipinski definition) is 3. The van der Waals surface area contributed by atoms with E-state index in [-0.39, 0.29) is 24.2 Å². The number of benzene rings is 1. The van der Waals surface area contributed by atoms with E-state index >= 15 is 0 Å². The highest BCUT2D eigenvalue weighted by atomic mass is 16.4. The van der Waals surface area contributed by atoms with Crippen LogP contribution in [0.3, 0.4) is 0 Å². The number of carbonyl (C=O) groups is 2. The highest BCUT2D eigenvalue weighted by Crippen LogP contribution is 2.24. The number of carboxylic acid groups (broad SMARTS) is 1. The first-order chi connectivity index (χ1) is 11.2. The molecule has 0 aliphatic rings.